The van der Waals surface area contributed by atoms with Crippen molar-refractivity contribution in [2.45, 2.75) is 38.4 Å². The van der Waals surface area contributed by atoms with Crippen molar-refractivity contribution in [2.75, 3.05) is 23.0 Å². The first kappa shape index (κ1) is 21.9. The predicted molar refractivity (Wildman–Crippen MR) is 120 cm³/mol. The molecule has 1 aliphatic rings. The Hall–Kier alpha value is -2.80. The van der Waals surface area contributed by atoms with Gasteiger partial charge < -0.3 is 15.4 Å². The number of hydrogen-bond acceptors (Lipinski definition) is 5. The van der Waals surface area contributed by atoms with Gasteiger partial charge in [0.2, 0.25) is 5.91 Å². The molecule has 0 spiro atoms. The molecule has 2 aromatic carbocycles. The van der Waals surface area contributed by atoms with Crippen molar-refractivity contribution in [3.05, 3.63) is 59.2 Å². The van der Waals surface area contributed by atoms with Crippen molar-refractivity contribution in [3.63, 3.8) is 0 Å². The summed E-state index contributed by atoms with van der Waals surface area (Å²) in [5.74, 6) is -0.980. The van der Waals surface area contributed by atoms with Gasteiger partial charge in [0.1, 0.15) is 5.25 Å². The number of fused-ring (bicyclic) bond motifs is 1. The van der Waals surface area contributed by atoms with E-state index in [9.17, 15) is 14.4 Å². The Balaban J connectivity index is 1.37. The summed E-state index contributed by atoms with van der Waals surface area (Å²) in [4.78, 5) is 36.2. The van der Waals surface area contributed by atoms with Crippen LogP contribution in [0.4, 0.5) is 11.4 Å². The second-order valence-corrected chi connectivity index (χ2v) is 8.69. The maximum Gasteiger partial charge on any atom is 0.319 e. The number of carbonyl (C=O) groups is 3. The summed E-state index contributed by atoms with van der Waals surface area (Å²) in [5, 5.41) is 4.99. The zero-order chi connectivity index (χ0) is 21.5. The Morgan fingerprint density at radius 3 is 2.40 bits per heavy atom. The summed E-state index contributed by atoms with van der Waals surface area (Å²) >= 11 is 1.17. The van der Waals surface area contributed by atoms with E-state index < -0.39 is 11.2 Å². The first-order chi connectivity index (χ1) is 14.4. The number of nitrogens with one attached hydrogen (secondary N) is 2. The standard InChI is InChI=1S/C23H26N2O4S/c1-15-6-9-19(10-7-15)24-22(27)14-30-16(2)23(28)29-13-21(26)25-20-11-8-17-4-3-5-18(17)12-20/h6-12,16H,3-5,13-14H2,1-2H3,(H,24,27)(H,25,26)/t16-/m0/s1. The van der Waals surface area contributed by atoms with Gasteiger partial charge in [0, 0.05) is 11.4 Å². The van der Waals surface area contributed by atoms with Crippen molar-refractivity contribution in [2.24, 2.45) is 0 Å². The number of carbonyl (C=O) groups excluding carboxylic acids is 3. The summed E-state index contributed by atoms with van der Waals surface area (Å²) in [5.41, 5.74) is 5.13. The highest BCUT2D eigenvalue weighted by Gasteiger charge is 2.18. The topological polar surface area (TPSA) is 84.5 Å². The Morgan fingerprint density at radius 2 is 1.63 bits per heavy atom. The molecule has 1 atom stereocenters. The average Bonchev–Trinajstić information content (AvgIpc) is 3.19. The largest absolute Gasteiger partial charge is 0.455 e. The molecule has 0 fully saturated rings. The van der Waals surface area contributed by atoms with Gasteiger partial charge in [0.25, 0.3) is 5.91 Å². The van der Waals surface area contributed by atoms with Crippen LogP contribution in [0.15, 0.2) is 42.5 Å². The Morgan fingerprint density at radius 1 is 0.967 bits per heavy atom. The minimum absolute atomic E-state index is 0.117. The molecule has 0 saturated heterocycles. The fourth-order valence-electron chi connectivity index (χ4n) is 3.20. The van der Waals surface area contributed by atoms with Crippen LogP contribution in [0.25, 0.3) is 0 Å². The van der Waals surface area contributed by atoms with E-state index in [1.54, 1.807) is 6.92 Å². The predicted octanol–water partition coefficient (Wildman–Crippen LogP) is 3.73. The molecule has 0 unspecified atom stereocenters. The molecular formula is C23H26N2O4S. The van der Waals surface area contributed by atoms with Gasteiger partial charge in [-0.3, -0.25) is 14.4 Å². The number of rotatable bonds is 8. The van der Waals surface area contributed by atoms with Gasteiger partial charge >= 0.3 is 5.97 Å². The van der Waals surface area contributed by atoms with Crippen LogP contribution in [0.3, 0.4) is 0 Å². The van der Waals surface area contributed by atoms with E-state index in [-0.39, 0.29) is 24.2 Å². The first-order valence-corrected chi connectivity index (χ1v) is 11.0. The molecule has 2 amide bonds. The summed E-state index contributed by atoms with van der Waals surface area (Å²) in [6, 6.07) is 13.4. The smallest absolute Gasteiger partial charge is 0.319 e. The van der Waals surface area contributed by atoms with Crippen molar-refractivity contribution < 1.29 is 19.1 Å². The number of ether oxygens (including phenoxy) is 1. The van der Waals surface area contributed by atoms with Crippen LogP contribution >= 0.6 is 11.8 Å². The summed E-state index contributed by atoms with van der Waals surface area (Å²) < 4.78 is 5.09. The van der Waals surface area contributed by atoms with Crippen LogP contribution in [-0.4, -0.2) is 35.4 Å². The Bertz CT molecular complexity index is 927. The number of amides is 2. The molecule has 30 heavy (non-hydrogen) atoms. The van der Waals surface area contributed by atoms with Crippen LogP contribution in [0.5, 0.6) is 0 Å². The van der Waals surface area contributed by atoms with E-state index in [0.29, 0.717) is 11.4 Å². The van der Waals surface area contributed by atoms with Crippen LogP contribution < -0.4 is 10.6 Å². The number of hydrogen-bond donors (Lipinski definition) is 2. The highest BCUT2D eigenvalue weighted by molar-refractivity contribution is 8.01. The molecule has 0 bridgehead atoms. The number of thioether (sulfide) groups is 1. The average molecular weight is 427 g/mol. The third kappa shape index (κ3) is 6.35. The zero-order valence-electron chi connectivity index (χ0n) is 17.2. The molecule has 6 nitrogen and oxygen atoms in total. The van der Waals surface area contributed by atoms with Crippen LogP contribution in [0.1, 0.15) is 30.0 Å². The van der Waals surface area contributed by atoms with E-state index in [1.165, 1.54) is 22.9 Å². The Labute approximate surface area is 180 Å². The van der Waals surface area contributed by atoms with E-state index >= 15 is 0 Å². The van der Waals surface area contributed by atoms with Gasteiger partial charge in [-0.1, -0.05) is 23.8 Å². The fraction of sp³-hybridized carbons (Fsp3) is 0.348. The summed E-state index contributed by atoms with van der Waals surface area (Å²) in [7, 11) is 0. The lowest BCUT2D eigenvalue weighted by Gasteiger charge is -2.12. The van der Waals surface area contributed by atoms with Crippen molar-refractivity contribution in [3.8, 4) is 0 Å². The van der Waals surface area contributed by atoms with E-state index in [0.717, 1.165) is 24.8 Å². The lowest BCUT2D eigenvalue weighted by atomic mass is 10.1. The highest BCUT2D eigenvalue weighted by atomic mass is 32.2. The summed E-state index contributed by atoms with van der Waals surface area (Å²) in [6.45, 7) is 3.28. The van der Waals surface area contributed by atoms with Gasteiger partial charge in [-0.2, -0.15) is 0 Å². The van der Waals surface area contributed by atoms with E-state index in [4.69, 9.17) is 4.74 Å². The Kier molecular flexibility index (Phi) is 7.52. The number of benzene rings is 2. The molecular weight excluding hydrogens is 400 g/mol. The van der Waals surface area contributed by atoms with Crippen molar-refractivity contribution >= 4 is 40.9 Å². The van der Waals surface area contributed by atoms with Gasteiger partial charge in [-0.15, -0.1) is 11.8 Å². The number of anilines is 2. The second kappa shape index (κ2) is 10.3. The van der Waals surface area contributed by atoms with E-state index in [2.05, 4.69) is 10.6 Å². The zero-order valence-corrected chi connectivity index (χ0v) is 18.0. The SMILES string of the molecule is Cc1ccc(NC(=O)CS[C@@H](C)C(=O)OCC(=O)Nc2ccc3c(c2)CCC3)cc1. The fourth-order valence-corrected chi connectivity index (χ4v) is 3.88. The van der Waals surface area contributed by atoms with Gasteiger partial charge in [-0.05, 0) is 68.5 Å². The minimum Gasteiger partial charge on any atom is -0.455 e. The molecule has 1 aliphatic carbocycles. The lowest BCUT2D eigenvalue weighted by Crippen LogP contribution is -2.26. The maximum absolute atomic E-state index is 12.1. The quantitative estimate of drug-likeness (QED) is 0.629. The molecule has 0 radical (unpaired) electrons. The molecule has 3 rings (SSSR count). The molecule has 0 aromatic heterocycles. The number of aryl methyl sites for hydroxylation is 3. The molecule has 2 aromatic rings. The highest BCUT2D eigenvalue weighted by Crippen LogP contribution is 2.24. The van der Waals surface area contributed by atoms with E-state index in [1.807, 2.05) is 49.4 Å². The normalized spacial score (nSPS) is 13.3. The first-order valence-electron chi connectivity index (χ1n) is 9.97. The van der Waals surface area contributed by atoms with Crippen LogP contribution in [-0.2, 0) is 32.0 Å². The molecule has 0 saturated carbocycles. The maximum atomic E-state index is 12.1. The monoisotopic (exact) mass is 426 g/mol. The van der Waals surface area contributed by atoms with Crippen LogP contribution in [0.2, 0.25) is 0 Å². The molecule has 7 heteroatoms. The summed E-state index contributed by atoms with van der Waals surface area (Å²) in [6.07, 6.45) is 3.25. The third-order valence-electron chi connectivity index (χ3n) is 4.86. The van der Waals surface area contributed by atoms with Crippen LogP contribution in [0, 0.1) is 6.92 Å². The lowest BCUT2D eigenvalue weighted by molar-refractivity contribution is -0.146. The van der Waals surface area contributed by atoms with Crippen molar-refractivity contribution in [1.82, 2.24) is 0 Å². The van der Waals surface area contributed by atoms with Gasteiger partial charge in [-0.25, -0.2) is 0 Å². The second-order valence-electron chi connectivity index (χ2n) is 7.36. The molecule has 0 heterocycles. The minimum atomic E-state index is -0.554. The molecule has 158 valence electrons. The van der Waals surface area contributed by atoms with Crippen molar-refractivity contribution in [1.29, 1.82) is 0 Å². The molecule has 0 aliphatic heterocycles. The third-order valence-corrected chi connectivity index (χ3v) is 5.98. The molecule has 2 N–H and O–H groups in total. The van der Waals surface area contributed by atoms with Gasteiger partial charge in [0.15, 0.2) is 6.61 Å². The van der Waals surface area contributed by atoms with Gasteiger partial charge in [0.05, 0.1) is 5.75 Å². The number of esters is 1.